The molecule has 6 heteroatoms. The third-order valence-corrected chi connectivity index (χ3v) is 2.90. The Morgan fingerprint density at radius 1 is 1.59 bits per heavy atom. The van der Waals surface area contributed by atoms with Gasteiger partial charge in [0.05, 0.1) is 11.4 Å². The van der Waals surface area contributed by atoms with Crippen molar-refractivity contribution in [2.75, 3.05) is 13.1 Å². The van der Waals surface area contributed by atoms with Gasteiger partial charge in [-0.15, -0.1) is 0 Å². The lowest BCUT2D eigenvalue weighted by Crippen LogP contribution is -2.64. The second-order valence-corrected chi connectivity index (χ2v) is 4.44. The first-order valence-corrected chi connectivity index (χ1v) is 5.45. The minimum atomic E-state index is -0.944. The van der Waals surface area contributed by atoms with Crippen molar-refractivity contribution in [1.29, 1.82) is 0 Å². The highest BCUT2D eigenvalue weighted by atomic mass is 35.5. The van der Waals surface area contributed by atoms with Crippen LogP contribution in [0.3, 0.4) is 0 Å². The monoisotopic (exact) mass is 259 g/mol. The standard InChI is InChI=1S/C11H11ClFNO3/c12-8-2-1-7(3-9(8)13)17-11(4-10(15)16)5-14-6-11/h1-3,14H,4-6H2,(H,15,16). The first-order chi connectivity index (χ1) is 8.01. The number of halogens is 2. The van der Waals surface area contributed by atoms with Gasteiger partial charge in [-0.3, -0.25) is 4.79 Å². The molecule has 0 aliphatic carbocycles. The number of hydrogen-bond donors (Lipinski definition) is 2. The Morgan fingerprint density at radius 3 is 2.76 bits per heavy atom. The summed E-state index contributed by atoms with van der Waals surface area (Å²) in [4.78, 5) is 10.7. The molecule has 1 aliphatic heterocycles. The molecule has 1 saturated heterocycles. The average Bonchev–Trinajstić information content (AvgIpc) is 2.19. The van der Waals surface area contributed by atoms with Gasteiger partial charge in [-0.25, -0.2) is 4.39 Å². The summed E-state index contributed by atoms with van der Waals surface area (Å²) in [7, 11) is 0. The summed E-state index contributed by atoms with van der Waals surface area (Å²) in [6.45, 7) is 0.868. The molecule has 2 N–H and O–H groups in total. The lowest BCUT2D eigenvalue weighted by atomic mass is 9.92. The molecular formula is C11H11ClFNO3. The van der Waals surface area contributed by atoms with E-state index >= 15 is 0 Å². The lowest BCUT2D eigenvalue weighted by Gasteiger charge is -2.41. The molecule has 92 valence electrons. The maximum atomic E-state index is 13.2. The molecule has 1 aromatic rings. The molecule has 4 nitrogen and oxygen atoms in total. The minimum Gasteiger partial charge on any atom is -0.484 e. The van der Waals surface area contributed by atoms with Crippen molar-refractivity contribution in [3.8, 4) is 5.75 Å². The molecule has 1 heterocycles. The van der Waals surface area contributed by atoms with Crippen LogP contribution in [0.1, 0.15) is 6.42 Å². The van der Waals surface area contributed by atoms with Gasteiger partial charge in [0, 0.05) is 19.2 Å². The summed E-state index contributed by atoms with van der Waals surface area (Å²) in [5.41, 5.74) is -0.786. The van der Waals surface area contributed by atoms with Crippen molar-refractivity contribution < 1.29 is 19.0 Å². The molecule has 0 saturated carbocycles. The molecule has 0 aromatic heterocycles. The van der Waals surface area contributed by atoms with E-state index in [9.17, 15) is 9.18 Å². The Bertz CT molecular complexity index is 448. The number of rotatable bonds is 4. The van der Waals surface area contributed by atoms with Crippen molar-refractivity contribution >= 4 is 17.6 Å². The number of carbonyl (C=O) groups is 1. The van der Waals surface area contributed by atoms with Gasteiger partial charge < -0.3 is 15.2 Å². The first-order valence-electron chi connectivity index (χ1n) is 5.07. The molecule has 17 heavy (non-hydrogen) atoms. The Hall–Kier alpha value is -1.33. The van der Waals surface area contributed by atoms with E-state index in [1.54, 1.807) is 0 Å². The van der Waals surface area contributed by atoms with Crippen LogP contribution in [-0.4, -0.2) is 29.8 Å². The van der Waals surface area contributed by atoms with Crippen LogP contribution < -0.4 is 10.1 Å². The van der Waals surface area contributed by atoms with E-state index in [0.29, 0.717) is 13.1 Å². The van der Waals surface area contributed by atoms with Gasteiger partial charge in [-0.1, -0.05) is 11.6 Å². The van der Waals surface area contributed by atoms with E-state index in [1.165, 1.54) is 12.1 Å². The predicted octanol–water partition coefficient (Wildman–Crippen LogP) is 1.67. The Balaban J connectivity index is 2.13. The lowest BCUT2D eigenvalue weighted by molar-refractivity contribution is -0.143. The zero-order valence-corrected chi connectivity index (χ0v) is 9.63. The highest BCUT2D eigenvalue weighted by Crippen LogP contribution is 2.27. The van der Waals surface area contributed by atoms with Crippen LogP contribution in [-0.2, 0) is 4.79 Å². The van der Waals surface area contributed by atoms with Crippen molar-refractivity contribution in [3.63, 3.8) is 0 Å². The van der Waals surface area contributed by atoms with Gasteiger partial charge in [-0.2, -0.15) is 0 Å². The number of aliphatic carboxylic acids is 1. The van der Waals surface area contributed by atoms with Gasteiger partial charge >= 0.3 is 5.97 Å². The number of benzene rings is 1. The summed E-state index contributed by atoms with van der Waals surface area (Å²) in [6.07, 6.45) is -0.121. The van der Waals surface area contributed by atoms with Crippen LogP contribution >= 0.6 is 11.6 Å². The summed E-state index contributed by atoms with van der Waals surface area (Å²) in [5.74, 6) is -1.24. The fourth-order valence-electron chi connectivity index (χ4n) is 1.70. The maximum absolute atomic E-state index is 13.2. The highest BCUT2D eigenvalue weighted by Gasteiger charge is 2.41. The quantitative estimate of drug-likeness (QED) is 0.864. The number of carboxylic acids is 1. The number of hydrogen-bond acceptors (Lipinski definition) is 3. The summed E-state index contributed by atoms with van der Waals surface area (Å²) in [5, 5.41) is 11.7. The van der Waals surface area contributed by atoms with Gasteiger partial charge in [0.1, 0.15) is 17.2 Å². The highest BCUT2D eigenvalue weighted by molar-refractivity contribution is 6.30. The van der Waals surface area contributed by atoms with Crippen LogP contribution in [0.2, 0.25) is 5.02 Å². The number of carboxylic acid groups (broad SMARTS) is 1. The van der Waals surface area contributed by atoms with E-state index < -0.39 is 17.4 Å². The zero-order valence-electron chi connectivity index (χ0n) is 8.87. The minimum absolute atomic E-state index is 0.0105. The largest absolute Gasteiger partial charge is 0.484 e. The van der Waals surface area contributed by atoms with Crippen LogP contribution in [0.4, 0.5) is 4.39 Å². The van der Waals surface area contributed by atoms with Crippen LogP contribution in [0.5, 0.6) is 5.75 Å². The molecular weight excluding hydrogens is 249 g/mol. The van der Waals surface area contributed by atoms with Crippen molar-refractivity contribution in [2.24, 2.45) is 0 Å². The Morgan fingerprint density at radius 2 is 2.29 bits per heavy atom. The summed E-state index contributed by atoms with van der Waals surface area (Å²) < 4.78 is 18.7. The average molecular weight is 260 g/mol. The van der Waals surface area contributed by atoms with Gasteiger partial charge in [-0.05, 0) is 12.1 Å². The van der Waals surface area contributed by atoms with E-state index in [1.807, 2.05) is 0 Å². The molecule has 2 rings (SSSR count). The van der Waals surface area contributed by atoms with Crippen LogP contribution in [0.25, 0.3) is 0 Å². The molecule has 1 aromatic carbocycles. The van der Waals surface area contributed by atoms with Crippen molar-refractivity contribution in [2.45, 2.75) is 12.0 Å². The maximum Gasteiger partial charge on any atom is 0.307 e. The topological polar surface area (TPSA) is 58.6 Å². The third-order valence-electron chi connectivity index (χ3n) is 2.59. The SMILES string of the molecule is O=C(O)CC1(Oc2ccc(Cl)c(F)c2)CNC1. The van der Waals surface area contributed by atoms with E-state index in [-0.39, 0.29) is 17.2 Å². The molecule has 0 radical (unpaired) electrons. The number of nitrogens with one attached hydrogen (secondary N) is 1. The molecule has 0 bridgehead atoms. The van der Waals surface area contributed by atoms with Gasteiger partial charge in [0.2, 0.25) is 0 Å². The third kappa shape index (κ3) is 2.68. The van der Waals surface area contributed by atoms with Crippen LogP contribution in [0, 0.1) is 5.82 Å². The molecule has 0 unspecified atom stereocenters. The Kier molecular flexibility index (Phi) is 3.22. The second-order valence-electron chi connectivity index (χ2n) is 4.04. The molecule has 1 aliphatic rings. The van der Waals surface area contributed by atoms with Gasteiger partial charge in [0.15, 0.2) is 0 Å². The van der Waals surface area contributed by atoms with Crippen LogP contribution in [0.15, 0.2) is 18.2 Å². The zero-order chi connectivity index (χ0) is 12.5. The Labute approximate surface area is 102 Å². The fourth-order valence-corrected chi connectivity index (χ4v) is 1.82. The summed E-state index contributed by atoms with van der Waals surface area (Å²) in [6, 6.07) is 4.06. The van der Waals surface area contributed by atoms with Crippen molar-refractivity contribution in [3.05, 3.63) is 29.0 Å². The van der Waals surface area contributed by atoms with E-state index in [4.69, 9.17) is 21.4 Å². The molecule has 0 amide bonds. The van der Waals surface area contributed by atoms with E-state index in [2.05, 4.69) is 5.32 Å². The van der Waals surface area contributed by atoms with Crippen molar-refractivity contribution in [1.82, 2.24) is 5.32 Å². The number of ether oxygens (including phenoxy) is 1. The fraction of sp³-hybridized carbons (Fsp3) is 0.364. The molecule has 0 spiro atoms. The van der Waals surface area contributed by atoms with Gasteiger partial charge in [0.25, 0.3) is 0 Å². The molecule has 0 atom stereocenters. The summed E-state index contributed by atoms with van der Waals surface area (Å²) >= 11 is 5.55. The predicted molar refractivity (Wildman–Crippen MR) is 59.9 cm³/mol. The smallest absolute Gasteiger partial charge is 0.307 e. The normalized spacial score (nSPS) is 17.3. The second kappa shape index (κ2) is 4.50. The molecule has 1 fully saturated rings. The first kappa shape index (κ1) is 12.1. The van der Waals surface area contributed by atoms with E-state index in [0.717, 1.165) is 6.07 Å².